The van der Waals surface area contributed by atoms with E-state index in [9.17, 15) is 0 Å². The predicted molar refractivity (Wildman–Crippen MR) is 47.4 cm³/mol. The van der Waals surface area contributed by atoms with Crippen LogP contribution in [-0.4, -0.2) is 31.5 Å². The van der Waals surface area contributed by atoms with Gasteiger partial charge in [-0.1, -0.05) is 11.6 Å². The van der Waals surface area contributed by atoms with Crippen LogP contribution < -0.4 is 0 Å². The van der Waals surface area contributed by atoms with E-state index >= 15 is 0 Å². The lowest BCUT2D eigenvalue weighted by Gasteiger charge is -1.98. The van der Waals surface area contributed by atoms with Crippen molar-refractivity contribution in [2.45, 2.75) is 6.54 Å². The van der Waals surface area contributed by atoms with E-state index in [2.05, 4.69) is 15.1 Å². The quantitative estimate of drug-likeness (QED) is 0.762. The number of rotatable bonds is 2. The fourth-order valence-electron chi connectivity index (χ4n) is 1.09. The van der Waals surface area contributed by atoms with Crippen molar-refractivity contribution in [3.05, 3.63) is 17.5 Å². The highest BCUT2D eigenvalue weighted by atomic mass is 35.5. The van der Waals surface area contributed by atoms with Crippen molar-refractivity contribution in [1.29, 1.82) is 0 Å². The molecule has 0 aromatic carbocycles. The number of hydrogen-bond acceptors (Lipinski definition) is 4. The van der Waals surface area contributed by atoms with Crippen molar-refractivity contribution in [1.82, 2.24) is 19.7 Å². The van der Waals surface area contributed by atoms with Gasteiger partial charge in [0.05, 0.1) is 25.5 Å². The molecule has 0 radical (unpaired) electrons. The van der Waals surface area contributed by atoms with Crippen molar-refractivity contribution in [2.24, 2.45) is 0 Å². The lowest BCUT2D eigenvalue weighted by molar-refractivity contribution is 0.271. The Bertz CT molecular complexity index is 427. The number of hydrogen-bond donors (Lipinski definition) is 1. The van der Waals surface area contributed by atoms with Crippen LogP contribution in [0.5, 0.6) is 0 Å². The van der Waals surface area contributed by atoms with Crippen molar-refractivity contribution in [3.63, 3.8) is 0 Å². The molecule has 0 saturated heterocycles. The largest absolute Gasteiger partial charge is 0.394 e. The minimum Gasteiger partial charge on any atom is -0.394 e. The summed E-state index contributed by atoms with van der Waals surface area (Å²) in [5, 5.41) is 13.1. The SMILES string of the molecule is OCCn1ncc2ncc(Cl)nc21. The molecule has 2 rings (SSSR count). The molecule has 2 heterocycles. The molecule has 0 aliphatic carbocycles. The minimum absolute atomic E-state index is 0.0188. The minimum atomic E-state index is 0.0188. The number of halogens is 1. The van der Waals surface area contributed by atoms with E-state index < -0.39 is 0 Å². The summed E-state index contributed by atoms with van der Waals surface area (Å²) in [6.45, 7) is 0.420. The predicted octanol–water partition coefficient (Wildman–Crippen LogP) is 0.472. The standard InChI is InChI=1S/C7H7ClN4O/c8-6-4-9-5-3-10-12(1-2-13)7(5)11-6/h3-4,13H,1-2H2. The van der Waals surface area contributed by atoms with Gasteiger partial charge in [-0.2, -0.15) is 5.10 Å². The van der Waals surface area contributed by atoms with Gasteiger partial charge < -0.3 is 5.11 Å². The van der Waals surface area contributed by atoms with Gasteiger partial charge in [0, 0.05) is 0 Å². The van der Waals surface area contributed by atoms with Crippen LogP contribution in [0, 0.1) is 0 Å². The number of fused-ring (bicyclic) bond motifs is 1. The number of aliphatic hydroxyl groups is 1. The second kappa shape index (κ2) is 3.27. The molecule has 68 valence electrons. The van der Waals surface area contributed by atoms with E-state index in [0.717, 1.165) is 0 Å². The van der Waals surface area contributed by atoms with E-state index in [0.29, 0.717) is 22.9 Å². The van der Waals surface area contributed by atoms with Crippen LogP contribution in [-0.2, 0) is 6.54 Å². The molecule has 0 aliphatic heterocycles. The van der Waals surface area contributed by atoms with Crippen LogP contribution in [0.4, 0.5) is 0 Å². The average molecular weight is 199 g/mol. The van der Waals surface area contributed by atoms with Gasteiger partial charge in [-0.25, -0.2) is 14.6 Å². The maximum absolute atomic E-state index is 8.72. The van der Waals surface area contributed by atoms with Gasteiger partial charge >= 0.3 is 0 Å². The zero-order valence-electron chi connectivity index (χ0n) is 6.68. The average Bonchev–Trinajstić information content (AvgIpc) is 2.49. The molecule has 2 aromatic heterocycles. The Hall–Kier alpha value is -1.20. The summed E-state index contributed by atoms with van der Waals surface area (Å²) in [6.07, 6.45) is 3.06. The Morgan fingerprint density at radius 3 is 3.08 bits per heavy atom. The van der Waals surface area contributed by atoms with E-state index in [-0.39, 0.29) is 6.61 Å². The third kappa shape index (κ3) is 1.48. The van der Waals surface area contributed by atoms with Crippen molar-refractivity contribution < 1.29 is 5.11 Å². The Morgan fingerprint density at radius 1 is 1.46 bits per heavy atom. The lowest BCUT2D eigenvalue weighted by Crippen LogP contribution is -2.04. The molecule has 13 heavy (non-hydrogen) atoms. The molecule has 2 aromatic rings. The Kier molecular flexibility index (Phi) is 2.12. The maximum atomic E-state index is 8.72. The molecule has 0 spiro atoms. The summed E-state index contributed by atoms with van der Waals surface area (Å²) < 4.78 is 1.56. The maximum Gasteiger partial charge on any atom is 0.178 e. The molecule has 0 amide bonds. The lowest BCUT2D eigenvalue weighted by atomic mass is 10.5. The molecular weight excluding hydrogens is 192 g/mol. The summed E-state index contributed by atoms with van der Waals surface area (Å²) in [5.74, 6) is 0. The molecule has 0 fully saturated rings. The normalized spacial score (nSPS) is 10.9. The molecule has 0 saturated carbocycles. The van der Waals surface area contributed by atoms with Crippen LogP contribution in [0.3, 0.4) is 0 Å². The van der Waals surface area contributed by atoms with Gasteiger partial charge in [0.25, 0.3) is 0 Å². The highest BCUT2D eigenvalue weighted by molar-refractivity contribution is 6.29. The van der Waals surface area contributed by atoms with Crippen LogP contribution in [0.15, 0.2) is 12.4 Å². The van der Waals surface area contributed by atoms with Gasteiger partial charge in [-0.15, -0.1) is 0 Å². The summed E-state index contributed by atoms with van der Waals surface area (Å²) in [7, 11) is 0. The molecule has 0 bridgehead atoms. The van der Waals surface area contributed by atoms with E-state index in [1.54, 1.807) is 10.9 Å². The number of nitrogens with zero attached hydrogens (tertiary/aromatic N) is 4. The first-order chi connectivity index (χ1) is 6.31. The molecule has 0 aliphatic rings. The second-order valence-electron chi connectivity index (χ2n) is 2.49. The van der Waals surface area contributed by atoms with E-state index in [1.807, 2.05) is 0 Å². The Labute approximate surface area is 79.0 Å². The highest BCUT2D eigenvalue weighted by Crippen LogP contribution is 2.11. The van der Waals surface area contributed by atoms with Crippen molar-refractivity contribution in [2.75, 3.05) is 6.61 Å². The summed E-state index contributed by atoms with van der Waals surface area (Å²) in [5.41, 5.74) is 1.28. The number of aliphatic hydroxyl groups excluding tert-OH is 1. The van der Waals surface area contributed by atoms with Gasteiger partial charge in [-0.3, -0.25) is 0 Å². The molecule has 1 N–H and O–H groups in total. The Morgan fingerprint density at radius 2 is 2.31 bits per heavy atom. The highest BCUT2D eigenvalue weighted by Gasteiger charge is 2.04. The smallest absolute Gasteiger partial charge is 0.178 e. The number of aromatic nitrogens is 4. The molecule has 6 heteroatoms. The molecular formula is C7H7ClN4O. The van der Waals surface area contributed by atoms with Crippen LogP contribution in [0.25, 0.3) is 11.2 Å². The first-order valence-electron chi connectivity index (χ1n) is 3.76. The third-order valence-electron chi connectivity index (χ3n) is 1.63. The summed E-state index contributed by atoms with van der Waals surface area (Å²) in [6, 6.07) is 0. The molecule has 5 nitrogen and oxygen atoms in total. The summed E-state index contributed by atoms with van der Waals surface area (Å²) in [4.78, 5) is 8.07. The van der Waals surface area contributed by atoms with Crippen LogP contribution >= 0.6 is 11.6 Å². The van der Waals surface area contributed by atoms with E-state index in [4.69, 9.17) is 16.7 Å². The zero-order chi connectivity index (χ0) is 9.26. The monoisotopic (exact) mass is 198 g/mol. The fraction of sp³-hybridized carbons (Fsp3) is 0.286. The topological polar surface area (TPSA) is 63.8 Å². The van der Waals surface area contributed by atoms with Gasteiger partial charge in [0.1, 0.15) is 10.7 Å². The van der Waals surface area contributed by atoms with Crippen molar-refractivity contribution >= 4 is 22.8 Å². The van der Waals surface area contributed by atoms with E-state index in [1.165, 1.54) is 6.20 Å². The zero-order valence-corrected chi connectivity index (χ0v) is 7.44. The second-order valence-corrected chi connectivity index (χ2v) is 2.88. The van der Waals surface area contributed by atoms with Gasteiger partial charge in [0.2, 0.25) is 0 Å². The third-order valence-corrected chi connectivity index (χ3v) is 1.81. The summed E-state index contributed by atoms with van der Waals surface area (Å²) >= 11 is 5.67. The first kappa shape index (κ1) is 8.40. The Balaban J connectivity index is 2.58. The van der Waals surface area contributed by atoms with Crippen LogP contribution in [0.2, 0.25) is 5.15 Å². The van der Waals surface area contributed by atoms with Crippen LogP contribution in [0.1, 0.15) is 0 Å². The molecule has 0 atom stereocenters. The first-order valence-corrected chi connectivity index (χ1v) is 4.14. The van der Waals surface area contributed by atoms with Gasteiger partial charge in [-0.05, 0) is 0 Å². The van der Waals surface area contributed by atoms with Gasteiger partial charge in [0.15, 0.2) is 5.65 Å². The fourth-order valence-corrected chi connectivity index (χ4v) is 1.22. The van der Waals surface area contributed by atoms with Crippen molar-refractivity contribution in [3.8, 4) is 0 Å². The molecule has 0 unspecified atom stereocenters.